The highest BCUT2D eigenvalue weighted by molar-refractivity contribution is 6.36. The van der Waals surface area contributed by atoms with Crippen LogP contribution < -0.4 is 15.1 Å². The average Bonchev–Trinajstić information content (AvgIpc) is 3.15. The van der Waals surface area contributed by atoms with Gasteiger partial charge in [0, 0.05) is 67.8 Å². The number of nitrogens with zero attached hydrogens (tertiary/aromatic N) is 5. The molecule has 14 heteroatoms. The summed E-state index contributed by atoms with van der Waals surface area (Å²) in [6, 6.07) is 6.18. The fraction of sp³-hybridized carbons (Fsp3) is 0.342. The first-order valence-corrected chi connectivity index (χ1v) is 17.4. The number of ether oxygens (including phenoxy) is 3. The molecular weight excluding hydrogens is 700 g/mol. The first-order valence-electron chi connectivity index (χ1n) is 17.1. The number of anilines is 4. The molecule has 8 rings (SSSR count). The molecule has 2 aromatic carbocycles. The van der Waals surface area contributed by atoms with Gasteiger partial charge in [0.15, 0.2) is 0 Å². The highest BCUT2D eigenvalue weighted by Gasteiger charge is 2.23. The maximum absolute atomic E-state index is 14.9. The van der Waals surface area contributed by atoms with Crippen LogP contribution in [-0.2, 0) is 14.2 Å². The molecule has 0 saturated carbocycles. The summed E-state index contributed by atoms with van der Waals surface area (Å²) >= 11 is 6.25. The lowest BCUT2D eigenvalue weighted by atomic mass is 10.0. The third-order valence-electron chi connectivity index (χ3n) is 9.33. The van der Waals surface area contributed by atoms with Gasteiger partial charge >= 0.3 is 0 Å². The summed E-state index contributed by atoms with van der Waals surface area (Å²) in [5.74, 6) is -1.28. The number of rotatable bonds is 5. The summed E-state index contributed by atoms with van der Waals surface area (Å²) in [4.78, 5) is 17.5. The van der Waals surface area contributed by atoms with Gasteiger partial charge in [-0.1, -0.05) is 17.7 Å². The first kappa shape index (κ1) is 35.8. The third-order valence-corrected chi connectivity index (χ3v) is 9.80. The van der Waals surface area contributed by atoms with E-state index in [2.05, 4.69) is 31.2 Å². The van der Waals surface area contributed by atoms with Crippen LogP contribution in [0.2, 0.25) is 5.02 Å². The molecule has 3 aliphatic heterocycles. The van der Waals surface area contributed by atoms with Crippen molar-refractivity contribution in [3.8, 4) is 0 Å². The van der Waals surface area contributed by atoms with Crippen molar-refractivity contribution < 1.29 is 31.8 Å². The van der Waals surface area contributed by atoms with Crippen molar-refractivity contribution in [2.75, 3.05) is 80.9 Å². The molecule has 5 aromatic rings. The Hall–Kier alpha value is -4.56. The molecule has 1 N–H and O–H groups in total. The predicted octanol–water partition coefficient (Wildman–Crippen LogP) is 7.91. The van der Waals surface area contributed by atoms with Crippen LogP contribution in [0.15, 0.2) is 48.8 Å². The van der Waals surface area contributed by atoms with Crippen LogP contribution in [0.5, 0.6) is 0 Å². The number of hydrogen-bond donors (Lipinski definition) is 1. The number of pyridine rings is 3. The van der Waals surface area contributed by atoms with E-state index in [1.807, 2.05) is 24.1 Å². The Kier molecular flexibility index (Phi) is 10.7. The maximum Gasteiger partial charge on any atom is 0.137 e. The van der Waals surface area contributed by atoms with E-state index in [1.165, 1.54) is 17.7 Å². The molecule has 52 heavy (non-hydrogen) atoms. The molecule has 2 saturated heterocycles. The van der Waals surface area contributed by atoms with Crippen molar-refractivity contribution in [2.45, 2.75) is 20.3 Å². The Morgan fingerprint density at radius 3 is 1.87 bits per heavy atom. The number of halogens is 5. The second-order valence-corrected chi connectivity index (χ2v) is 13.1. The second-order valence-electron chi connectivity index (χ2n) is 12.7. The van der Waals surface area contributed by atoms with E-state index in [9.17, 15) is 17.6 Å². The van der Waals surface area contributed by atoms with Gasteiger partial charge in [0.2, 0.25) is 0 Å². The summed E-state index contributed by atoms with van der Waals surface area (Å²) < 4.78 is 72.3. The largest absolute Gasteiger partial charge is 0.378 e. The Morgan fingerprint density at radius 2 is 1.27 bits per heavy atom. The minimum absolute atomic E-state index is 0.169. The van der Waals surface area contributed by atoms with Crippen LogP contribution in [0.4, 0.5) is 40.6 Å². The second kappa shape index (κ2) is 15.6. The zero-order valence-corrected chi connectivity index (χ0v) is 29.5. The topological polar surface area (TPSA) is 84.9 Å². The van der Waals surface area contributed by atoms with Crippen LogP contribution in [0.1, 0.15) is 23.1 Å². The van der Waals surface area contributed by atoms with Crippen LogP contribution in [-0.4, -0.2) is 80.8 Å². The van der Waals surface area contributed by atoms with Gasteiger partial charge in [-0.3, -0.25) is 4.98 Å². The van der Waals surface area contributed by atoms with E-state index in [4.69, 9.17) is 25.8 Å². The smallest absolute Gasteiger partial charge is 0.137 e. The van der Waals surface area contributed by atoms with E-state index in [-0.39, 0.29) is 26.8 Å². The summed E-state index contributed by atoms with van der Waals surface area (Å²) in [7, 11) is 0. The predicted molar refractivity (Wildman–Crippen MR) is 195 cm³/mol. The number of benzene rings is 2. The van der Waals surface area contributed by atoms with Gasteiger partial charge in [0.1, 0.15) is 34.9 Å². The molecule has 0 aliphatic carbocycles. The van der Waals surface area contributed by atoms with E-state index in [0.29, 0.717) is 88.7 Å². The fourth-order valence-corrected chi connectivity index (χ4v) is 6.95. The lowest BCUT2D eigenvalue weighted by molar-refractivity contribution is 0.122. The van der Waals surface area contributed by atoms with Crippen LogP contribution in [0.25, 0.3) is 27.4 Å². The SMILES string of the molecule is Cc1c(N2CCOCC2)nc2cc(F)cc(F)c2c1Cl.Cc1c(N2CCOCC2)nc2cc(F)cc(F)c2c1Nc1cncc(C2=CCOCC2)c1. The van der Waals surface area contributed by atoms with Crippen molar-refractivity contribution in [2.24, 2.45) is 0 Å². The van der Waals surface area contributed by atoms with E-state index in [1.54, 1.807) is 13.1 Å². The Balaban J connectivity index is 0.000000180. The summed E-state index contributed by atoms with van der Waals surface area (Å²) in [5, 5.41) is 4.07. The molecule has 0 bridgehead atoms. The highest BCUT2D eigenvalue weighted by Crippen LogP contribution is 2.38. The number of morpholine rings is 2. The quantitative estimate of drug-likeness (QED) is 0.181. The molecule has 0 atom stereocenters. The minimum Gasteiger partial charge on any atom is -0.378 e. The molecule has 3 aromatic heterocycles. The molecule has 272 valence electrons. The van der Waals surface area contributed by atoms with Crippen molar-refractivity contribution in [3.05, 3.63) is 93.8 Å². The zero-order valence-electron chi connectivity index (χ0n) is 28.7. The van der Waals surface area contributed by atoms with Crippen molar-refractivity contribution >= 4 is 62.0 Å². The Labute approximate surface area is 303 Å². The summed E-state index contributed by atoms with van der Waals surface area (Å²) in [6.45, 7) is 10.1. The summed E-state index contributed by atoms with van der Waals surface area (Å²) in [6.07, 6.45) is 6.38. The number of aromatic nitrogens is 3. The van der Waals surface area contributed by atoms with Crippen molar-refractivity contribution in [1.29, 1.82) is 0 Å². The highest BCUT2D eigenvalue weighted by atomic mass is 35.5. The van der Waals surface area contributed by atoms with Gasteiger partial charge in [0.05, 0.1) is 84.0 Å². The van der Waals surface area contributed by atoms with Gasteiger partial charge in [-0.25, -0.2) is 27.5 Å². The van der Waals surface area contributed by atoms with Gasteiger partial charge in [-0.15, -0.1) is 0 Å². The van der Waals surface area contributed by atoms with Crippen molar-refractivity contribution in [3.63, 3.8) is 0 Å². The monoisotopic (exact) mass is 736 g/mol. The molecule has 0 spiro atoms. The maximum atomic E-state index is 14.9. The number of hydrogen-bond acceptors (Lipinski definition) is 9. The van der Waals surface area contributed by atoms with Crippen LogP contribution in [0.3, 0.4) is 0 Å². The molecule has 9 nitrogen and oxygen atoms in total. The minimum atomic E-state index is -0.686. The average molecular weight is 737 g/mol. The van der Waals surface area contributed by atoms with E-state index in [0.717, 1.165) is 35.4 Å². The molecule has 2 fully saturated rings. The molecule has 0 unspecified atom stereocenters. The lowest BCUT2D eigenvalue weighted by Gasteiger charge is -2.30. The van der Waals surface area contributed by atoms with Crippen molar-refractivity contribution in [1.82, 2.24) is 15.0 Å². The first-order chi connectivity index (χ1) is 25.2. The molecule has 3 aliphatic rings. The normalized spacial score (nSPS) is 16.5. The Bertz CT molecular complexity index is 2160. The zero-order chi connectivity index (χ0) is 36.4. The molecule has 0 radical (unpaired) electrons. The van der Waals surface area contributed by atoms with Gasteiger partial charge < -0.3 is 29.3 Å². The van der Waals surface area contributed by atoms with Crippen LogP contribution >= 0.6 is 11.6 Å². The molecule has 6 heterocycles. The van der Waals surface area contributed by atoms with E-state index >= 15 is 0 Å². The Morgan fingerprint density at radius 1 is 0.692 bits per heavy atom. The summed E-state index contributed by atoms with van der Waals surface area (Å²) in [5.41, 5.74) is 5.45. The number of fused-ring (bicyclic) bond motifs is 2. The fourth-order valence-electron chi connectivity index (χ4n) is 6.68. The number of nitrogens with one attached hydrogen (secondary N) is 1. The van der Waals surface area contributed by atoms with Crippen LogP contribution in [0, 0.1) is 37.1 Å². The lowest BCUT2D eigenvalue weighted by Crippen LogP contribution is -2.37. The molecule has 0 amide bonds. The third kappa shape index (κ3) is 7.49. The van der Waals surface area contributed by atoms with Gasteiger partial charge in [-0.05, 0) is 37.5 Å². The van der Waals surface area contributed by atoms with E-state index < -0.39 is 23.3 Å². The van der Waals surface area contributed by atoms with Gasteiger partial charge in [-0.2, -0.15) is 0 Å². The van der Waals surface area contributed by atoms with Gasteiger partial charge in [0.25, 0.3) is 0 Å². The standard InChI is InChI=1S/C24H24F2N4O2.C14H13ClF2N2O/c1-15-23(28-19-10-17(13-27-14-19)16-2-6-31-7-3-16)22-20(26)11-18(25)12-21(22)29-24(15)30-4-8-32-9-5-30;1-8-13(15)12-10(17)6-9(16)7-11(12)18-14(8)19-2-4-20-5-3-19/h2,10-14H,3-9H2,1H3,(H,28,29);6-7H,2-5H2,1H3. The molecular formula is C38H37ClF4N6O3.